The predicted octanol–water partition coefficient (Wildman–Crippen LogP) is 1.10. The van der Waals surface area contributed by atoms with Gasteiger partial charge in [0.25, 0.3) is 0 Å². The lowest BCUT2D eigenvalue weighted by atomic mass is 10.1. The van der Waals surface area contributed by atoms with Gasteiger partial charge in [0, 0.05) is 26.0 Å². The highest BCUT2D eigenvalue weighted by molar-refractivity contribution is 7.89. The molecule has 0 N–H and O–H groups in total. The summed E-state index contributed by atoms with van der Waals surface area (Å²) in [7, 11) is -3.62. The van der Waals surface area contributed by atoms with Crippen LogP contribution in [0, 0.1) is 0 Å². The summed E-state index contributed by atoms with van der Waals surface area (Å²) in [5.74, 6) is -0.498. The summed E-state index contributed by atoms with van der Waals surface area (Å²) in [5.41, 5.74) is 0.411. The number of anilines is 1. The van der Waals surface area contributed by atoms with E-state index in [0.717, 1.165) is 4.90 Å². The number of imide groups is 1. The Bertz CT molecular complexity index is 692. The van der Waals surface area contributed by atoms with Crippen LogP contribution in [0.5, 0.6) is 0 Å². The molecule has 23 heavy (non-hydrogen) atoms. The highest BCUT2D eigenvalue weighted by Crippen LogP contribution is 2.25. The molecule has 3 rings (SSSR count). The molecule has 0 radical (unpaired) electrons. The quantitative estimate of drug-likeness (QED) is 0.771. The van der Waals surface area contributed by atoms with Gasteiger partial charge in [-0.3, -0.25) is 14.5 Å². The van der Waals surface area contributed by atoms with Gasteiger partial charge in [0.15, 0.2) is 0 Å². The van der Waals surface area contributed by atoms with Crippen LogP contribution >= 0.6 is 0 Å². The summed E-state index contributed by atoms with van der Waals surface area (Å²) < 4.78 is 31.5. The first-order valence-electron chi connectivity index (χ1n) is 7.54. The van der Waals surface area contributed by atoms with Gasteiger partial charge in [0.1, 0.15) is 6.73 Å². The van der Waals surface area contributed by atoms with Crippen molar-refractivity contribution in [1.29, 1.82) is 0 Å². The number of ether oxygens (including phenoxy) is 1. The second-order valence-electron chi connectivity index (χ2n) is 5.54. The van der Waals surface area contributed by atoms with Gasteiger partial charge in [-0.15, -0.1) is 0 Å². The van der Waals surface area contributed by atoms with E-state index in [4.69, 9.17) is 4.74 Å². The molecule has 2 saturated heterocycles. The molecule has 0 saturated carbocycles. The zero-order valence-corrected chi connectivity index (χ0v) is 13.4. The fraction of sp³-hybridized carbons (Fsp3) is 0.467. The van der Waals surface area contributed by atoms with Crippen LogP contribution in [-0.2, 0) is 24.3 Å². The molecular formula is C15H18N2O5S. The number of carbonyl (C=O) groups is 2. The van der Waals surface area contributed by atoms with Crippen molar-refractivity contribution in [2.24, 2.45) is 0 Å². The number of hydrogen-bond donors (Lipinski definition) is 0. The minimum atomic E-state index is -3.62. The van der Waals surface area contributed by atoms with Gasteiger partial charge >= 0.3 is 0 Å². The number of carbonyl (C=O) groups excluding carboxylic acids is 2. The lowest BCUT2D eigenvalue weighted by Gasteiger charge is -2.27. The molecule has 2 amide bonds. The molecule has 7 nitrogen and oxygen atoms in total. The molecule has 2 aliphatic rings. The van der Waals surface area contributed by atoms with E-state index in [0.29, 0.717) is 44.5 Å². The summed E-state index contributed by atoms with van der Waals surface area (Å²) in [4.78, 5) is 25.1. The van der Waals surface area contributed by atoms with E-state index in [9.17, 15) is 18.0 Å². The van der Waals surface area contributed by atoms with E-state index >= 15 is 0 Å². The number of hydrogen-bond acceptors (Lipinski definition) is 5. The number of benzene rings is 1. The molecule has 1 aromatic carbocycles. The monoisotopic (exact) mass is 338 g/mol. The van der Waals surface area contributed by atoms with Crippen molar-refractivity contribution < 1.29 is 22.7 Å². The van der Waals surface area contributed by atoms with Crippen molar-refractivity contribution in [2.75, 3.05) is 24.8 Å². The van der Waals surface area contributed by atoms with Gasteiger partial charge in [-0.05, 0) is 37.1 Å². The van der Waals surface area contributed by atoms with E-state index in [1.807, 2.05) is 0 Å². The minimum Gasteiger partial charge on any atom is -0.365 e. The van der Waals surface area contributed by atoms with Crippen molar-refractivity contribution in [3.8, 4) is 0 Å². The molecule has 8 heteroatoms. The molecule has 124 valence electrons. The number of sulfonamides is 1. The van der Waals surface area contributed by atoms with Crippen LogP contribution in [0.15, 0.2) is 29.2 Å². The molecule has 0 aliphatic carbocycles. The van der Waals surface area contributed by atoms with Crippen molar-refractivity contribution in [3.05, 3.63) is 24.3 Å². The van der Waals surface area contributed by atoms with Gasteiger partial charge in [0.2, 0.25) is 21.8 Å². The Balaban J connectivity index is 1.84. The lowest BCUT2D eigenvalue weighted by molar-refractivity contribution is -0.129. The molecule has 2 fully saturated rings. The second kappa shape index (κ2) is 6.38. The Morgan fingerprint density at radius 1 is 0.957 bits per heavy atom. The molecule has 0 bridgehead atoms. The highest BCUT2D eigenvalue weighted by Gasteiger charge is 2.29. The third kappa shape index (κ3) is 3.15. The molecule has 2 heterocycles. The highest BCUT2D eigenvalue weighted by atomic mass is 32.2. The maximum absolute atomic E-state index is 12.5. The van der Waals surface area contributed by atoms with Crippen LogP contribution in [0.25, 0.3) is 0 Å². The zero-order valence-electron chi connectivity index (χ0n) is 12.6. The van der Waals surface area contributed by atoms with Crippen LogP contribution in [0.3, 0.4) is 0 Å². The van der Waals surface area contributed by atoms with Crippen molar-refractivity contribution in [2.45, 2.75) is 30.6 Å². The van der Waals surface area contributed by atoms with E-state index < -0.39 is 10.0 Å². The summed E-state index contributed by atoms with van der Waals surface area (Å²) in [6.45, 7) is 1.03. The molecule has 0 spiro atoms. The largest absolute Gasteiger partial charge is 0.365 e. The normalized spacial score (nSPS) is 20.8. The zero-order chi connectivity index (χ0) is 16.4. The molecule has 2 aliphatic heterocycles. The van der Waals surface area contributed by atoms with Gasteiger partial charge in [-0.2, -0.15) is 4.31 Å². The van der Waals surface area contributed by atoms with Crippen LogP contribution in [0.1, 0.15) is 25.7 Å². The summed E-state index contributed by atoms with van der Waals surface area (Å²) >= 11 is 0. The maximum Gasteiger partial charge on any atom is 0.245 e. The van der Waals surface area contributed by atoms with Crippen molar-refractivity contribution in [3.63, 3.8) is 0 Å². The smallest absolute Gasteiger partial charge is 0.245 e. The first-order chi connectivity index (χ1) is 11.0. The van der Waals surface area contributed by atoms with Gasteiger partial charge in [-0.1, -0.05) is 0 Å². The summed E-state index contributed by atoms with van der Waals surface area (Å²) in [6, 6.07) is 5.85. The average Bonchev–Trinajstić information content (AvgIpc) is 2.56. The third-order valence-corrected chi connectivity index (χ3v) is 5.78. The summed E-state index contributed by atoms with van der Waals surface area (Å²) in [6.07, 6.45) is 1.89. The SMILES string of the molecule is O=C1CCCC(=O)N1c1ccc(S(=O)(=O)N2CCCOC2)cc1. The Kier molecular flexibility index (Phi) is 4.47. The second-order valence-corrected chi connectivity index (χ2v) is 7.48. The number of rotatable bonds is 3. The van der Waals surface area contributed by atoms with Crippen molar-refractivity contribution >= 4 is 27.5 Å². The van der Waals surface area contributed by atoms with E-state index in [1.165, 1.54) is 28.6 Å². The van der Waals surface area contributed by atoms with Crippen LogP contribution in [0.4, 0.5) is 5.69 Å². The standard InChI is InChI=1S/C15H18N2O5S/c18-14-3-1-4-15(19)17(14)12-5-7-13(8-6-12)23(20,21)16-9-2-10-22-11-16/h5-8H,1-4,9-11H2. The van der Waals surface area contributed by atoms with E-state index in [2.05, 4.69) is 0 Å². The van der Waals surface area contributed by atoms with E-state index in [1.54, 1.807) is 0 Å². The Labute approximate surface area is 134 Å². The molecule has 0 aromatic heterocycles. The minimum absolute atomic E-state index is 0.0488. The summed E-state index contributed by atoms with van der Waals surface area (Å²) in [5, 5.41) is 0. The Morgan fingerprint density at radius 2 is 1.61 bits per heavy atom. The molecule has 0 atom stereocenters. The van der Waals surface area contributed by atoms with Gasteiger partial charge in [-0.25, -0.2) is 8.42 Å². The predicted molar refractivity (Wildman–Crippen MR) is 82.1 cm³/mol. The lowest BCUT2D eigenvalue weighted by Crippen LogP contribution is -2.40. The van der Waals surface area contributed by atoms with Crippen molar-refractivity contribution in [1.82, 2.24) is 4.31 Å². The average molecular weight is 338 g/mol. The first-order valence-corrected chi connectivity index (χ1v) is 8.98. The molecular weight excluding hydrogens is 320 g/mol. The van der Waals surface area contributed by atoms with Crippen LogP contribution < -0.4 is 4.90 Å². The fourth-order valence-corrected chi connectivity index (χ4v) is 4.08. The van der Waals surface area contributed by atoms with Crippen LogP contribution in [-0.4, -0.2) is 44.4 Å². The fourth-order valence-electron chi connectivity index (χ4n) is 2.72. The van der Waals surface area contributed by atoms with Gasteiger partial charge in [0.05, 0.1) is 10.6 Å². The number of nitrogens with zero attached hydrogens (tertiary/aromatic N) is 2. The van der Waals surface area contributed by atoms with Crippen LogP contribution in [0.2, 0.25) is 0 Å². The third-order valence-electron chi connectivity index (χ3n) is 3.94. The number of piperidine rings is 1. The Hall–Kier alpha value is -1.77. The van der Waals surface area contributed by atoms with Gasteiger partial charge < -0.3 is 4.74 Å². The molecule has 0 unspecified atom stereocenters. The van der Waals surface area contributed by atoms with E-state index in [-0.39, 0.29) is 23.4 Å². The topological polar surface area (TPSA) is 84.0 Å². The Morgan fingerprint density at radius 3 is 2.17 bits per heavy atom. The number of amides is 2. The molecule has 1 aromatic rings. The first kappa shape index (κ1) is 16.1. The maximum atomic E-state index is 12.5.